The molecule has 0 saturated carbocycles. The van der Waals surface area contributed by atoms with E-state index in [0.717, 1.165) is 0 Å². The number of aromatic nitrogens is 3. The van der Waals surface area contributed by atoms with Crippen LogP contribution >= 0.6 is 11.6 Å². The third-order valence-electron chi connectivity index (χ3n) is 2.14. The zero-order chi connectivity index (χ0) is 12.4. The molecule has 1 aromatic heterocycles. The van der Waals surface area contributed by atoms with Crippen molar-refractivity contribution in [1.29, 1.82) is 0 Å². The van der Waals surface area contributed by atoms with Crippen LogP contribution in [0.15, 0.2) is 24.4 Å². The van der Waals surface area contributed by atoms with Gasteiger partial charge in [-0.3, -0.25) is 10.1 Å². The summed E-state index contributed by atoms with van der Waals surface area (Å²) in [4.78, 5) is 10.0. The van der Waals surface area contributed by atoms with Crippen molar-refractivity contribution in [2.75, 3.05) is 0 Å². The molecule has 1 heterocycles. The minimum atomic E-state index is -0.543. The second-order valence-electron chi connectivity index (χ2n) is 3.25. The molecule has 0 bridgehead atoms. The zero-order valence-electron chi connectivity index (χ0n) is 8.58. The predicted octanol–water partition coefficient (Wildman–Crippen LogP) is 1.29. The topological polar surface area (TPSA) is 99.9 Å². The van der Waals surface area contributed by atoms with E-state index in [1.54, 1.807) is 12.3 Å². The second kappa shape index (κ2) is 4.48. The van der Waals surface area contributed by atoms with Gasteiger partial charge < -0.3 is 5.73 Å². The normalized spacial score (nSPS) is 10.5. The summed E-state index contributed by atoms with van der Waals surface area (Å²) in [5, 5.41) is 18.3. The molecule has 0 unspecified atom stereocenters. The van der Waals surface area contributed by atoms with Gasteiger partial charge in [-0.1, -0.05) is 16.8 Å². The third-order valence-corrected chi connectivity index (χ3v) is 2.45. The Morgan fingerprint density at radius 2 is 2.29 bits per heavy atom. The van der Waals surface area contributed by atoms with Crippen LogP contribution in [0.5, 0.6) is 0 Å². The van der Waals surface area contributed by atoms with Crippen molar-refractivity contribution >= 4 is 17.3 Å². The van der Waals surface area contributed by atoms with Gasteiger partial charge in [0.05, 0.1) is 22.5 Å². The van der Waals surface area contributed by atoms with Crippen molar-refractivity contribution in [1.82, 2.24) is 15.0 Å². The molecule has 17 heavy (non-hydrogen) atoms. The highest BCUT2D eigenvalue weighted by Gasteiger charge is 2.13. The average Bonchev–Trinajstić information content (AvgIpc) is 2.76. The summed E-state index contributed by atoms with van der Waals surface area (Å²) >= 11 is 5.79. The first-order valence-corrected chi connectivity index (χ1v) is 5.05. The fourth-order valence-electron chi connectivity index (χ4n) is 1.30. The van der Waals surface area contributed by atoms with Crippen LogP contribution in [-0.4, -0.2) is 19.9 Å². The molecule has 0 atom stereocenters. The molecule has 88 valence electrons. The molecule has 8 heteroatoms. The van der Waals surface area contributed by atoms with Gasteiger partial charge in [0.25, 0.3) is 5.69 Å². The number of nitro groups is 1. The fourth-order valence-corrected chi connectivity index (χ4v) is 1.55. The van der Waals surface area contributed by atoms with Crippen LogP contribution in [0.25, 0.3) is 5.69 Å². The molecule has 2 aromatic rings. The zero-order valence-corrected chi connectivity index (χ0v) is 9.33. The van der Waals surface area contributed by atoms with Crippen LogP contribution in [0.1, 0.15) is 5.69 Å². The number of nitrogens with zero attached hydrogens (tertiary/aromatic N) is 4. The number of hydrogen-bond acceptors (Lipinski definition) is 5. The standard InChI is InChI=1S/C9H8ClN5O2/c10-8-3-7(1-2-9(8)15(16)17)14-5-6(4-11)12-13-14/h1-3,5H,4,11H2. The molecule has 0 fully saturated rings. The number of nitrogens with two attached hydrogens (primary N) is 1. The van der Waals surface area contributed by atoms with Crippen LogP contribution in [0.2, 0.25) is 5.02 Å². The molecule has 1 aromatic carbocycles. The number of benzene rings is 1. The number of halogens is 1. The SMILES string of the molecule is NCc1cn(-c2ccc([N+](=O)[O-])c(Cl)c2)nn1. The van der Waals surface area contributed by atoms with Crippen molar-refractivity contribution in [3.63, 3.8) is 0 Å². The molecule has 0 saturated heterocycles. The van der Waals surface area contributed by atoms with Gasteiger partial charge >= 0.3 is 0 Å². The van der Waals surface area contributed by atoms with E-state index in [4.69, 9.17) is 17.3 Å². The number of rotatable bonds is 3. The quantitative estimate of drug-likeness (QED) is 0.656. The van der Waals surface area contributed by atoms with Gasteiger partial charge in [-0.05, 0) is 12.1 Å². The van der Waals surface area contributed by atoms with Crippen molar-refractivity contribution in [3.05, 3.63) is 45.2 Å². The Bertz CT molecular complexity index is 568. The lowest BCUT2D eigenvalue weighted by Gasteiger charge is -2.00. The Labute approximate surface area is 101 Å². The van der Waals surface area contributed by atoms with Crippen molar-refractivity contribution in [3.8, 4) is 5.69 Å². The molecule has 0 radical (unpaired) electrons. The molecule has 0 aliphatic carbocycles. The van der Waals surface area contributed by atoms with Gasteiger partial charge in [-0.15, -0.1) is 5.10 Å². The van der Waals surface area contributed by atoms with Crippen LogP contribution in [0.4, 0.5) is 5.69 Å². The summed E-state index contributed by atoms with van der Waals surface area (Å²) in [6.45, 7) is 0.278. The smallest absolute Gasteiger partial charge is 0.288 e. The van der Waals surface area contributed by atoms with Crippen LogP contribution in [0, 0.1) is 10.1 Å². The molecular weight excluding hydrogens is 246 g/mol. The Balaban J connectivity index is 2.40. The minimum Gasteiger partial charge on any atom is -0.325 e. The Hall–Kier alpha value is -1.99. The third kappa shape index (κ3) is 2.24. The summed E-state index contributed by atoms with van der Waals surface area (Å²) in [6.07, 6.45) is 1.64. The monoisotopic (exact) mass is 253 g/mol. The van der Waals surface area contributed by atoms with E-state index in [9.17, 15) is 10.1 Å². The first-order valence-electron chi connectivity index (χ1n) is 4.67. The molecule has 7 nitrogen and oxygen atoms in total. The predicted molar refractivity (Wildman–Crippen MR) is 60.9 cm³/mol. The van der Waals surface area contributed by atoms with Crippen LogP contribution < -0.4 is 5.73 Å². The molecule has 2 N–H and O–H groups in total. The maximum absolute atomic E-state index is 10.6. The van der Waals surface area contributed by atoms with Crippen LogP contribution in [0.3, 0.4) is 0 Å². The average molecular weight is 254 g/mol. The molecular formula is C9H8ClN5O2. The van der Waals surface area contributed by atoms with Gasteiger partial charge in [0.15, 0.2) is 0 Å². The van der Waals surface area contributed by atoms with Gasteiger partial charge in [0.2, 0.25) is 0 Å². The van der Waals surface area contributed by atoms with Crippen molar-refractivity contribution < 1.29 is 4.92 Å². The molecule has 0 amide bonds. The number of hydrogen-bond donors (Lipinski definition) is 1. The summed E-state index contributed by atoms with van der Waals surface area (Å²) in [5.74, 6) is 0. The van der Waals surface area contributed by atoms with E-state index in [0.29, 0.717) is 11.4 Å². The Morgan fingerprint density at radius 1 is 1.53 bits per heavy atom. The Morgan fingerprint density at radius 3 is 2.82 bits per heavy atom. The van der Waals surface area contributed by atoms with E-state index >= 15 is 0 Å². The maximum atomic E-state index is 10.6. The molecule has 2 rings (SSSR count). The lowest BCUT2D eigenvalue weighted by molar-refractivity contribution is -0.384. The van der Waals surface area contributed by atoms with E-state index < -0.39 is 4.92 Å². The van der Waals surface area contributed by atoms with Crippen molar-refractivity contribution in [2.24, 2.45) is 5.73 Å². The van der Waals surface area contributed by atoms with Crippen molar-refractivity contribution in [2.45, 2.75) is 6.54 Å². The first kappa shape index (κ1) is 11.5. The largest absolute Gasteiger partial charge is 0.325 e. The minimum absolute atomic E-state index is 0.0531. The van der Waals surface area contributed by atoms with E-state index in [-0.39, 0.29) is 17.3 Å². The van der Waals surface area contributed by atoms with Gasteiger partial charge in [-0.2, -0.15) is 0 Å². The van der Waals surface area contributed by atoms with Crippen LogP contribution in [-0.2, 0) is 6.54 Å². The van der Waals surface area contributed by atoms with E-state index in [1.807, 2.05) is 0 Å². The molecule has 0 aliphatic rings. The highest BCUT2D eigenvalue weighted by atomic mass is 35.5. The highest BCUT2D eigenvalue weighted by Crippen LogP contribution is 2.26. The summed E-state index contributed by atoms with van der Waals surface area (Å²) < 4.78 is 1.46. The van der Waals surface area contributed by atoms with E-state index in [2.05, 4.69) is 10.3 Å². The number of nitro benzene ring substituents is 1. The lowest BCUT2D eigenvalue weighted by Crippen LogP contribution is -1.97. The van der Waals surface area contributed by atoms with Gasteiger partial charge in [-0.25, -0.2) is 4.68 Å². The fraction of sp³-hybridized carbons (Fsp3) is 0.111. The highest BCUT2D eigenvalue weighted by molar-refractivity contribution is 6.32. The maximum Gasteiger partial charge on any atom is 0.288 e. The summed E-state index contributed by atoms with van der Waals surface area (Å²) in [7, 11) is 0. The lowest BCUT2D eigenvalue weighted by atomic mass is 10.3. The summed E-state index contributed by atoms with van der Waals surface area (Å²) in [5.41, 5.74) is 6.47. The molecule has 0 spiro atoms. The van der Waals surface area contributed by atoms with Gasteiger partial charge in [0, 0.05) is 12.6 Å². The summed E-state index contributed by atoms with van der Waals surface area (Å²) in [6, 6.07) is 4.31. The Kier molecular flexibility index (Phi) is 3.03. The van der Waals surface area contributed by atoms with E-state index in [1.165, 1.54) is 16.8 Å². The van der Waals surface area contributed by atoms with Gasteiger partial charge in [0.1, 0.15) is 5.02 Å². The second-order valence-corrected chi connectivity index (χ2v) is 3.66. The first-order chi connectivity index (χ1) is 8.11. The molecule has 0 aliphatic heterocycles.